The number of hydrogen-bond donors (Lipinski definition) is 5. The molecule has 0 bridgehead atoms. The normalized spacial score (nSPS) is 11.6. The minimum atomic E-state index is -1.34. The van der Waals surface area contributed by atoms with Crippen LogP contribution in [0.2, 0.25) is 0 Å². The predicted molar refractivity (Wildman–Crippen MR) is 72.4 cm³/mol. The monoisotopic (exact) mass is 313 g/mol. The molecule has 0 aliphatic rings. The molecule has 0 aliphatic heterocycles. The number of H-pyrrole nitrogens is 2. The first-order chi connectivity index (χ1) is 10.3. The molecule has 1 heterocycles. The summed E-state index contributed by atoms with van der Waals surface area (Å²) in [4.78, 5) is 59.4. The van der Waals surface area contributed by atoms with Gasteiger partial charge in [0.2, 0.25) is 5.91 Å². The van der Waals surface area contributed by atoms with Crippen molar-refractivity contribution < 1.29 is 24.6 Å². The Morgan fingerprint density at radius 1 is 1.18 bits per heavy atom. The maximum Gasteiger partial charge on any atom is 0.326 e. The Balaban J connectivity index is 2.56. The Labute approximate surface area is 123 Å². The fourth-order valence-corrected chi connectivity index (χ4v) is 1.66. The van der Waals surface area contributed by atoms with Gasteiger partial charge in [-0.1, -0.05) is 0 Å². The van der Waals surface area contributed by atoms with Gasteiger partial charge in [-0.15, -0.1) is 0 Å². The Kier molecular flexibility index (Phi) is 6.05. The highest BCUT2D eigenvalue weighted by Crippen LogP contribution is 2.00. The van der Waals surface area contributed by atoms with E-state index < -0.39 is 41.6 Å². The first-order valence-electron chi connectivity index (χ1n) is 6.34. The highest BCUT2D eigenvalue weighted by molar-refractivity contribution is 5.84. The van der Waals surface area contributed by atoms with Gasteiger partial charge in [0.25, 0.3) is 5.56 Å². The number of aliphatic carboxylic acids is 2. The second-order valence-electron chi connectivity index (χ2n) is 4.49. The summed E-state index contributed by atoms with van der Waals surface area (Å²) in [7, 11) is 0. The molecule has 10 heteroatoms. The number of carboxylic acid groups (broad SMARTS) is 2. The third-order valence-corrected chi connectivity index (χ3v) is 2.80. The van der Waals surface area contributed by atoms with Gasteiger partial charge in [-0.05, 0) is 12.8 Å². The minimum Gasteiger partial charge on any atom is -0.481 e. The van der Waals surface area contributed by atoms with Crippen molar-refractivity contribution in [3.05, 3.63) is 32.6 Å². The Bertz CT molecular complexity index is 676. The molecule has 22 heavy (non-hydrogen) atoms. The van der Waals surface area contributed by atoms with Crippen LogP contribution in [0.3, 0.4) is 0 Å². The van der Waals surface area contributed by atoms with E-state index in [1.807, 2.05) is 4.98 Å². The minimum absolute atomic E-state index is 0.00319. The summed E-state index contributed by atoms with van der Waals surface area (Å²) in [5, 5.41) is 19.6. The highest BCUT2D eigenvalue weighted by Gasteiger charge is 2.20. The fraction of sp³-hybridized carbons (Fsp3) is 0.417. The summed E-state index contributed by atoms with van der Waals surface area (Å²) >= 11 is 0. The molecule has 0 aliphatic carbocycles. The molecule has 0 unspecified atom stereocenters. The number of carboxylic acids is 2. The number of carbonyl (C=O) groups excluding carboxylic acids is 1. The number of nitrogens with one attached hydrogen (secondary N) is 3. The van der Waals surface area contributed by atoms with Gasteiger partial charge in [-0.25, -0.2) is 9.59 Å². The van der Waals surface area contributed by atoms with Crippen molar-refractivity contribution in [2.24, 2.45) is 0 Å². The van der Waals surface area contributed by atoms with Crippen LogP contribution in [0.15, 0.2) is 15.8 Å². The van der Waals surface area contributed by atoms with Crippen LogP contribution in [0.5, 0.6) is 0 Å². The second kappa shape index (κ2) is 7.76. The number of hydrogen-bond acceptors (Lipinski definition) is 5. The van der Waals surface area contributed by atoms with Gasteiger partial charge in [-0.3, -0.25) is 19.4 Å². The van der Waals surface area contributed by atoms with Crippen molar-refractivity contribution in [1.29, 1.82) is 0 Å². The van der Waals surface area contributed by atoms with Gasteiger partial charge in [-0.2, -0.15) is 0 Å². The van der Waals surface area contributed by atoms with Gasteiger partial charge in [0.05, 0.1) is 0 Å². The highest BCUT2D eigenvalue weighted by atomic mass is 16.4. The largest absolute Gasteiger partial charge is 0.481 e. The molecule has 1 aromatic rings. The number of aryl methyl sites for hydroxylation is 1. The Morgan fingerprint density at radius 3 is 2.41 bits per heavy atom. The summed E-state index contributed by atoms with van der Waals surface area (Å²) in [5.74, 6) is -3.14. The summed E-state index contributed by atoms with van der Waals surface area (Å²) in [6.45, 7) is 0. The second-order valence-corrected chi connectivity index (χ2v) is 4.49. The molecule has 1 aromatic heterocycles. The lowest BCUT2D eigenvalue weighted by atomic mass is 10.1. The molecule has 0 saturated heterocycles. The van der Waals surface area contributed by atoms with E-state index in [4.69, 9.17) is 10.2 Å². The Morgan fingerprint density at radius 2 is 1.86 bits per heavy atom. The number of carbonyl (C=O) groups is 3. The van der Waals surface area contributed by atoms with Crippen LogP contribution < -0.4 is 16.6 Å². The van der Waals surface area contributed by atoms with Crippen molar-refractivity contribution in [3.63, 3.8) is 0 Å². The molecular weight excluding hydrogens is 298 g/mol. The zero-order valence-corrected chi connectivity index (χ0v) is 11.4. The maximum absolute atomic E-state index is 11.6. The average Bonchev–Trinajstić information content (AvgIpc) is 2.41. The molecule has 120 valence electrons. The number of rotatable bonds is 8. The van der Waals surface area contributed by atoms with Gasteiger partial charge in [0.1, 0.15) is 6.04 Å². The van der Waals surface area contributed by atoms with Crippen molar-refractivity contribution in [2.45, 2.75) is 31.7 Å². The zero-order chi connectivity index (χ0) is 16.7. The molecule has 5 N–H and O–H groups in total. The van der Waals surface area contributed by atoms with Crippen LogP contribution in [-0.4, -0.2) is 44.1 Å². The van der Waals surface area contributed by atoms with E-state index in [9.17, 15) is 24.0 Å². The average molecular weight is 313 g/mol. The SMILES string of the molecule is O=C(O)CC[C@@H](NC(=O)CCc1c[nH]c(=O)[nH]c1=O)C(=O)O. The lowest BCUT2D eigenvalue weighted by Gasteiger charge is -2.13. The zero-order valence-electron chi connectivity index (χ0n) is 11.4. The lowest BCUT2D eigenvalue weighted by Crippen LogP contribution is -2.41. The molecule has 0 saturated carbocycles. The fourth-order valence-electron chi connectivity index (χ4n) is 1.66. The van der Waals surface area contributed by atoms with Crippen molar-refractivity contribution >= 4 is 17.8 Å². The third kappa shape index (κ3) is 5.61. The topological polar surface area (TPSA) is 169 Å². The van der Waals surface area contributed by atoms with Crippen LogP contribution in [0.25, 0.3) is 0 Å². The number of aromatic nitrogens is 2. The summed E-state index contributed by atoms with van der Waals surface area (Å²) in [6, 6.07) is -1.31. The van der Waals surface area contributed by atoms with E-state index in [-0.39, 0.29) is 24.8 Å². The van der Waals surface area contributed by atoms with Crippen LogP contribution in [-0.2, 0) is 20.8 Å². The van der Waals surface area contributed by atoms with Gasteiger partial charge >= 0.3 is 17.6 Å². The maximum atomic E-state index is 11.6. The molecule has 10 nitrogen and oxygen atoms in total. The van der Waals surface area contributed by atoms with E-state index in [0.29, 0.717) is 0 Å². The first kappa shape index (κ1) is 17.1. The van der Waals surface area contributed by atoms with Crippen molar-refractivity contribution in [2.75, 3.05) is 0 Å². The van der Waals surface area contributed by atoms with Crippen LogP contribution >= 0.6 is 0 Å². The lowest BCUT2D eigenvalue weighted by molar-refractivity contribution is -0.143. The first-order valence-corrected chi connectivity index (χ1v) is 6.34. The predicted octanol–water partition coefficient (Wildman–Crippen LogP) is -1.57. The number of amides is 1. The Hall–Kier alpha value is -2.91. The van der Waals surface area contributed by atoms with E-state index in [2.05, 4.69) is 10.3 Å². The summed E-state index contributed by atoms with van der Waals surface area (Å²) < 4.78 is 0. The molecule has 1 rings (SSSR count). The standard InChI is InChI=1S/C12H15N3O7/c16-8(14-7(11(20)21)2-4-9(17)18)3-1-6-5-13-12(22)15-10(6)19/h5,7H,1-4H2,(H,14,16)(H,17,18)(H,20,21)(H2,13,15,19,22)/t7-/m1/s1. The van der Waals surface area contributed by atoms with E-state index in [0.717, 1.165) is 0 Å². The van der Waals surface area contributed by atoms with E-state index in [1.54, 1.807) is 0 Å². The smallest absolute Gasteiger partial charge is 0.326 e. The van der Waals surface area contributed by atoms with E-state index >= 15 is 0 Å². The molecule has 0 radical (unpaired) electrons. The molecule has 0 spiro atoms. The van der Waals surface area contributed by atoms with Crippen LogP contribution in [0.4, 0.5) is 0 Å². The van der Waals surface area contributed by atoms with Crippen molar-refractivity contribution in [1.82, 2.24) is 15.3 Å². The number of aromatic amines is 2. The van der Waals surface area contributed by atoms with E-state index in [1.165, 1.54) is 6.20 Å². The molecule has 1 amide bonds. The third-order valence-electron chi connectivity index (χ3n) is 2.80. The van der Waals surface area contributed by atoms with Crippen molar-refractivity contribution in [3.8, 4) is 0 Å². The molecule has 0 aromatic carbocycles. The van der Waals surface area contributed by atoms with Gasteiger partial charge < -0.3 is 20.5 Å². The molecular formula is C12H15N3O7. The van der Waals surface area contributed by atoms with Gasteiger partial charge in [0, 0.05) is 24.6 Å². The quantitative estimate of drug-likeness (QED) is 0.386. The van der Waals surface area contributed by atoms with Gasteiger partial charge in [0.15, 0.2) is 0 Å². The van der Waals surface area contributed by atoms with Crippen LogP contribution in [0, 0.1) is 0 Å². The molecule has 0 fully saturated rings. The molecule has 1 atom stereocenters. The summed E-state index contributed by atoms with van der Waals surface area (Å²) in [6.07, 6.45) is 0.370. The summed E-state index contributed by atoms with van der Waals surface area (Å²) in [5.41, 5.74) is -1.12. The van der Waals surface area contributed by atoms with Crippen LogP contribution in [0.1, 0.15) is 24.8 Å².